The molecule has 1 aliphatic rings. The van der Waals surface area contributed by atoms with Crippen LogP contribution in [0.4, 0.5) is 0 Å². The number of hydrogen-bond acceptors (Lipinski definition) is 5. The van der Waals surface area contributed by atoms with E-state index in [9.17, 15) is 8.42 Å². The van der Waals surface area contributed by atoms with Crippen LogP contribution in [0.25, 0.3) is 10.9 Å². The second-order valence-corrected chi connectivity index (χ2v) is 7.55. The molecule has 2 aromatic heterocycles. The summed E-state index contributed by atoms with van der Waals surface area (Å²) in [6.45, 7) is 0.731. The van der Waals surface area contributed by atoms with E-state index >= 15 is 0 Å². The van der Waals surface area contributed by atoms with Gasteiger partial charge >= 0.3 is 0 Å². The maximum atomic E-state index is 12.5. The van der Waals surface area contributed by atoms with Crippen molar-refractivity contribution in [2.45, 2.75) is 17.6 Å². The van der Waals surface area contributed by atoms with Gasteiger partial charge in [0.05, 0.1) is 19.1 Å². The number of hydrogen-bond donors (Lipinski definition) is 1. The molecule has 1 unspecified atom stereocenters. The lowest BCUT2D eigenvalue weighted by atomic mass is 10.2. The molecule has 0 radical (unpaired) electrons. The number of sulfonamides is 1. The van der Waals surface area contributed by atoms with E-state index in [0.29, 0.717) is 25.3 Å². The summed E-state index contributed by atoms with van der Waals surface area (Å²) in [6, 6.07) is 9.59. The van der Waals surface area contributed by atoms with Gasteiger partial charge in [0, 0.05) is 18.1 Å². The van der Waals surface area contributed by atoms with Crippen molar-refractivity contribution in [1.82, 2.24) is 19.3 Å². The van der Waals surface area contributed by atoms with Crippen LogP contribution in [0.3, 0.4) is 0 Å². The van der Waals surface area contributed by atoms with Gasteiger partial charge < -0.3 is 9.72 Å². The van der Waals surface area contributed by atoms with Crippen molar-refractivity contribution in [3.05, 3.63) is 49.1 Å². The molecule has 0 spiro atoms. The van der Waals surface area contributed by atoms with Gasteiger partial charge in [0.1, 0.15) is 17.4 Å². The van der Waals surface area contributed by atoms with Gasteiger partial charge in [-0.15, -0.1) is 0 Å². The second-order valence-electron chi connectivity index (χ2n) is 5.64. The summed E-state index contributed by atoms with van der Waals surface area (Å²) >= 11 is 0. The molecular weight excluding hydrogens is 328 g/mol. The molecule has 1 fully saturated rings. The number of nitrogens with zero attached hydrogens (tertiary/aromatic N) is 3. The maximum Gasteiger partial charge on any atom is 0.260 e. The van der Waals surface area contributed by atoms with Crippen molar-refractivity contribution in [2.24, 2.45) is 0 Å². The molecule has 0 aliphatic carbocycles. The van der Waals surface area contributed by atoms with Gasteiger partial charge in [-0.2, -0.15) is 4.31 Å². The van der Waals surface area contributed by atoms with Gasteiger partial charge in [0.25, 0.3) is 10.0 Å². The van der Waals surface area contributed by atoms with Crippen LogP contribution in [0.2, 0.25) is 0 Å². The maximum absolute atomic E-state index is 12.5. The van der Waals surface area contributed by atoms with E-state index in [4.69, 9.17) is 4.74 Å². The number of nitrogens with one attached hydrogen (secondary N) is 1. The Morgan fingerprint density at radius 2 is 2.12 bits per heavy atom. The molecule has 4 rings (SSSR count). The molecule has 0 amide bonds. The first-order chi connectivity index (χ1) is 11.6. The Morgan fingerprint density at radius 1 is 1.25 bits per heavy atom. The number of pyridine rings is 1. The van der Waals surface area contributed by atoms with Crippen molar-refractivity contribution in [3.63, 3.8) is 0 Å². The fraction of sp³-hybridized carbons (Fsp3) is 0.250. The number of ether oxygens (including phenoxy) is 1. The molecule has 1 N–H and O–H groups in total. The van der Waals surface area contributed by atoms with Crippen molar-refractivity contribution in [2.75, 3.05) is 13.1 Å². The predicted octanol–water partition coefficient (Wildman–Crippen LogP) is 1.80. The normalized spacial score (nSPS) is 18.9. The van der Waals surface area contributed by atoms with Crippen LogP contribution in [0.15, 0.2) is 54.1 Å². The highest BCUT2D eigenvalue weighted by Gasteiger charge is 2.34. The molecule has 3 heterocycles. The van der Waals surface area contributed by atoms with Gasteiger partial charge in [-0.25, -0.2) is 13.4 Å². The zero-order valence-electron chi connectivity index (χ0n) is 12.8. The molecule has 124 valence electrons. The number of aromatic amines is 1. The summed E-state index contributed by atoms with van der Waals surface area (Å²) < 4.78 is 32.4. The number of fused-ring (bicyclic) bond motifs is 1. The third kappa shape index (κ3) is 2.63. The van der Waals surface area contributed by atoms with Crippen LogP contribution < -0.4 is 4.74 Å². The minimum absolute atomic E-state index is 0.106. The predicted molar refractivity (Wildman–Crippen MR) is 88.1 cm³/mol. The highest BCUT2D eigenvalue weighted by Crippen LogP contribution is 2.27. The Hall–Kier alpha value is -2.45. The molecule has 3 aromatic rings. The van der Waals surface area contributed by atoms with Gasteiger partial charge in [-0.3, -0.25) is 4.98 Å². The SMILES string of the molecule is O=S(=O)(c1cnc[nH]1)N1CCC(Oc2cccc3cccnc23)C1. The molecular formula is C16H16N4O3S. The first kappa shape index (κ1) is 15.1. The van der Waals surface area contributed by atoms with E-state index in [1.807, 2.05) is 30.3 Å². The van der Waals surface area contributed by atoms with Crippen LogP contribution in [0.1, 0.15) is 6.42 Å². The molecule has 1 atom stereocenters. The number of rotatable bonds is 4. The summed E-state index contributed by atoms with van der Waals surface area (Å²) in [5.41, 5.74) is 0.787. The first-order valence-corrected chi connectivity index (χ1v) is 9.07. The minimum atomic E-state index is -3.54. The topological polar surface area (TPSA) is 88.2 Å². The fourth-order valence-electron chi connectivity index (χ4n) is 2.89. The van der Waals surface area contributed by atoms with Gasteiger partial charge in [-0.1, -0.05) is 18.2 Å². The Kier molecular flexibility index (Phi) is 3.70. The number of benzene rings is 1. The molecule has 1 saturated heterocycles. The molecule has 0 saturated carbocycles. The van der Waals surface area contributed by atoms with E-state index in [0.717, 1.165) is 10.9 Å². The van der Waals surface area contributed by atoms with Crippen molar-refractivity contribution in [1.29, 1.82) is 0 Å². The van der Waals surface area contributed by atoms with Crippen LogP contribution in [0.5, 0.6) is 5.75 Å². The molecule has 1 aromatic carbocycles. The lowest BCUT2D eigenvalue weighted by molar-refractivity contribution is 0.218. The summed E-state index contributed by atoms with van der Waals surface area (Å²) in [6.07, 6.45) is 4.84. The van der Waals surface area contributed by atoms with Crippen LogP contribution >= 0.6 is 0 Å². The summed E-state index contributed by atoms with van der Waals surface area (Å²) in [4.78, 5) is 10.8. The Morgan fingerprint density at radius 3 is 2.96 bits per heavy atom. The Bertz CT molecular complexity index is 951. The van der Waals surface area contributed by atoms with E-state index in [2.05, 4.69) is 15.0 Å². The molecule has 1 aliphatic heterocycles. The van der Waals surface area contributed by atoms with E-state index in [1.165, 1.54) is 16.8 Å². The second kappa shape index (κ2) is 5.88. The fourth-order valence-corrected chi connectivity index (χ4v) is 4.27. The lowest BCUT2D eigenvalue weighted by Gasteiger charge is -2.17. The highest BCUT2D eigenvalue weighted by molar-refractivity contribution is 7.89. The smallest absolute Gasteiger partial charge is 0.260 e. The van der Waals surface area contributed by atoms with Gasteiger partial charge in [0.2, 0.25) is 0 Å². The highest BCUT2D eigenvalue weighted by atomic mass is 32.2. The van der Waals surface area contributed by atoms with Crippen molar-refractivity contribution in [3.8, 4) is 5.75 Å². The number of H-pyrrole nitrogens is 1. The largest absolute Gasteiger partial charge is 0.487 e. The van der Waals surface area contributed by atoms with Crippen LogP contribution in [-0.2, 0) is 10.0 Å². The average molecular weight is 344 g/mol. The summed E-state index contributed by atoms with van der Waals surface area (Å²) in [5.74, 6) is 0.680. The van der Waals surface area contributed by atoms with Gasteiger partial charge in [-0.05, 0) is 18.6 Å². The molecule has 24 heavy (non-hydrogen) atoms. The summed E-state index contributed by atoms with van der Waals surface area (Å²) in [5, 5.41) is 1.10. The zero-order chi connectivity index (χ0) is 16.6. The third-order valence-electron chi connectivity index (χ3n) is 4.09. The first-order valence-electron chi connectivity index (χ1n) is 7.63. The average Bonchev–Trinajstić information content (AvgIpc) is 3.28. The number of para-hydroxylation sites is 1. The van der Waals surface area contributed by atoms with E-state index in [-0.39, 0.29) is 11.1 Å². The summed E-state index contributed by atoms with van der Waals surface area (Å²) in [7, 11) is -3.54. The van der Waals surface area contributed by atoms with Crippen molar-refractivity contribution >= 4 is 20.9 Å². The number of imidazole rings is 1. The van der Waals surface area contributed by atoms with Gasteiger partial charge in [0.15, 0.2) is 5.03 Å². The molecule has 0 bridgehead atoms. The lowest BCUT2D eigenvalue weighted by Crippen LogP contribution is -2.31. The Labute approximate surface area is 139 Å². The third-order valence-corrected chi connectivity index (χ3v) is 5.88. The zero-order valence-corrected chi connectivity index (χ0v) is 13.6. The molecule has 7 nitrogen and oxygen atoms in total. The van der Waals surface area contributed by atoms with Crippen LogP contribution in [-0.4, -0.2) is 46.9 Å². The monoisotopic (exact) mass is 344 g/mol. The molecule has 8 heteroatoms. The van der Waals surface area contributed by atoms with Crippen LogP contribution in [0, 0.1) is 0 Å². The van der Waals surface area contributed by atoms with E-state index < -0.39 is 10.0 Å². The van der Waals surface area contributed by atoms with E-state index in [1.54, 1.807) is 6.20 Å². The quantitative estimate of drug-likeness (QED) is 0.780. The van der Waals surface area contributed by atoms with Crippen molar-refractivity contribution < 1.29 is 13.2 Å². The standard InChI is InChI=1S/C16H16N4O3S/c21-24(22,15-9-17-11-19-15)20-8-6-13(10-20)23-14-5-1-3-12-4-2-7-18-16(12)14/h1-5,7,9,11,13H,6,8,10H2,(H,17,19). The number of aromatic nitrogens is 3. The minimum Gasteiger partial charge on any atom is -0.487 e. The Balaban J connectivity index is 1.53.